The number of hydrogen-bond acceptors (Lipinski definition) is 6. The Morgan fingerprint density at radius 3 is 0.861 bits per heavy atom. The summed E-state index contributed by atoms with van der Waals surface area (Å²) in [6.07, 6.45) is 77.5. The lowest BCUT2D eigenvalue weighted by molar-refractivity contribution is -0.167. The molecule has 6 nitrogen and oxygen atoms in total. The number of carbonyl (C=O) groups excluding carboxylic acids is 3. The van der Waals surface area contributed by atoms with Gasteiger partial charge in [0.15, 0.2) is 6.10 Å². The summed E-state index contributed by atoms with van der Waals surface area (Å²) in [6.45, 7) is 6.53. The molecule has 0 amide bonds. The van der Waals surface area contributed by atoms with Gasteiger partial charge in [-0.25, -0.2) is 0 Å². The topological polar surface area (TPSA) is 78.9 Å². The Morgan fingerprint density at radius 2 is 0.542 bits per heavy atom. The number of rotatable bonds is 56. The van der Waals surface area contributed by atoms with E-state index in [0.717, 1.165) is 96.3 Å². The molecule has 1 atom stereocenters. The third-order valence-electron chi connectivity index (χ3n) is 13.4. The van der Waals surface area contributed by atoms with Crippen LogP contribution in [0.25, 0.3) is 0 Å². The first-order valence-electron chi connectivity index (χ1n) is 30.9. The molecule has 0 aromatic carbocycles. The van der Waals surface area contributed by atoms with Gasteiger partial charge in [0.2, 0.25) is 0 Å². The van der Waals surface area contributed by atoms with Crippen LogP contribution >= 0.6 is 0 Å². The molecule has 0 heterocycles. The van der Waals surface area contributed by atoms with E-state index in [1.807, 2.05) is 0 Å². The summed E-state index contributed by atoms with van der Waals surface area (Å²) >= 11 is 0. The van der Waals surface area contributed by atoms with Gasteiger partial charge in [-0.2, -0.15) is 0 Å². The average Bonchev–Trinajstić information content (AvgIpc) is 3.38. The second-order valence-corrected chi connectivity index (χ2v) is 20.6. The summed E-state index contributed by atoms with van der Waals surface area (Å²) in [7, 11) is 0. The van der Waals surface area contributed by atoms with E-state index in [9.17, 15) is 14.4 Å². The molecule has 0 radical (unpaired) electrons. The summed E-state index contributed by atoms with van der Waals surface area (Å²) < 4.78 is 16.9. The Hall–Kier alpha value is -3.15. The predicted molar refractivity (Wildman–Crippen MR) is 311 cm³/mol. The van der Waals surface area contributed by atoms with Crippen LogP contribution in [-0.4, -0.2) is 37.2 Å². The van der Waals surface area contributed by atoms with Crippen LogP contribution in [0.3, 0.4) is 0 Å². The zero-order valence-electron chi connectivity index (χ0n) is 47.7. The van der Waals surface area contributed by atoms with Crippen molar-refractivity contribution in [3.8, 4) is 0 Å². The maximum Gasteiger partial charge on any atom is 0.306 e. The second kappa shape index (κ2) is 60.4. The van der Waals surface area contributed by atoms with E-state index < -0.39 is 6.10 Å². The van der Waals surface area contributed by atoms with E-state index >= 15 is 0 Å². The monoisotopic (exact) mass is 1000 g/mol. The molecule has 0 saturated carbocycles. The van der Waals surface area contributed by atoms with Gasteiger partial charge in [-0.05, 0) is 89.9 Å². The minimum Gasteiger partial charge on any atom is -0.462 e. The van der Waals surface area contributed by atoms with Gasteiger partial charge in [0.05, 0.1) is 0 Å². The zero-order valence-corrected chi connectivity index (χ0v) is 47.7. The molecule has 0 aromatic rings. The molecular weight excluding hydrogens is 889 g/mol. The quantitative estimate of drug-likeness (QED) is 0.0261. The van der Waals surface area contributed by atoms with Crippen molar-refractivity contribution in [1.29, 1.82) is 0 Å². The minimum absolute atomic E-state index is 0.0768. The van der Waals surface area contributed by atoms with Crippen LogP contribution in [-0.2, 0) is 28.6 Å². The van der Waals surface area contributed by atoms with Crippen LogP contribution in [0.15, 0.2) is 72.9 Å². The van der Waals surface area contributed by atoms with Gasteiger partial charge in [0, 0.05) is 19.3 Å². The van der Waals surface area contributed by atoms with Gasteiger partial charge in [0.25, 0.3) is 0 Å². The maximum absolute atomic E-state index is 12.9. The van der Waals surface area contributed by atoms with Crippen molar-refractivity contribution >= 4 is 17.9 Å². The highest BCUT2D eigenvalue weighted by molar-refractivity contribution is 5.71. The molecule has 0 aliphatic rings. The number of allylic oxidation sites excluding steroid dienone is 12. The normalized spacial score (nSPS) is 12.5. The summed E-state index contributed by atoms with van der Waals surface area (Å²) in [5.74, 6) is -0.875. The number of esters is 3. The molecule has 0 spiro atoms. The molecule has 0 fully saturated rings. The van der Waals surface area contributed by atoms with Crippen molar-refractivity contribution in [1.82, 2.24) is 0 Å². The number of unbranched alkanes of at least 4 members (excludes halogenated alkanes) is 33. The average molecular weight is 1010 g/mol. The standard InChI is InChI=1S/C66H116O6/c1-4-7-10-13-16-19-22-25-27-29-31-32-33-34-35-37-38-41-44-47-50-53-56-59-65(68)71-62-63(61-70-64(67)58-55-52-49-46-43-40-24-21-18-15-12-9-6-3)72-66(69)60-57-54-51-48-45-42-39-36-30-28-26-23-20-17-14-11-8-5-2/h7,10,16,19-20,23,25,27-28,30-32,63H,4-6,8-9,11-15,17-18,21-22,24,26,29,33-62H2,1-3H3/b10-7-,19-16-,23-20-,27-25-,30-28-,32-31-. The Balaban J connectivity index is 4.33. The first-order valence-corrected chi connectivity index (χ1v) is 30.9. The Labute approximate surface area is 446 Å². The molecule has 72 heavy (non-hydrogen) atoms. The number of carbonyl (C=O) groups is 3. The zero-order chi connectivity index (χ0) is 52.2. The first kappa shape index (κ1) is 68.8. The van der Waals surface area contributed by atoms with Crippen LogP contribution in [0.2, 0.25) is 0 Å². The van der Waals surface area contributed by atoms with Crippen molar-refractivity contribution in [2.45, 2.75) is 316 Å². The highest BCUT2D eigenvalue weighted by Crippen LogP contribution is 2.16. The first-order chi connectivity index (χ1) is 35.5. The Morgan fingerprint density at radius 1 is 0.292 bits per heavy atom. The lowest BCUT2D eigenvalue weighted by Gasteiger charge is -2.18. The predicted octanol–water partition coefficient (Wildman–Crippen LogP) is 20.9. The van der Waals surface area contributed by atoms with Crippen LogP contribution < -0.4 is 0 Å². The SMILES string of the molecule is CC/C=C\C/C=C\C/C=C\C/C=C\CCCCCCCCCCCCC(=O)OCC(COC(=O)CCCCCCCCCCCCCCC)OC(=O)CCCCCCCCC/C=C\C/C=C\CCCCCC. The fraction of sp³-hybridized carbons (Fsp3) is 0.773. The highest BCUT2D eigenvalue weighted by Gasteiger charge is 2.19. The highest BCUT2D eigenvalue weighted by atomic mass is 16.6. The van der Waals surface area contributed by atoms with Crippen LogP contribution in [0.5, 0.6) is 0 Å². The van der Waals surface area contributed by atoms with Crippen molar-refractivity contribution in [3.05, 3.63) is 72.9 Å². The van der Waals surface area contributed by atoms with Gasteiger partial charge < -0.3 is 14.2 Å². The third kappa shape index (κ3) is 57.7. The number of ether oxygens (including phenoxy) is 3. The molecule has 0 aliphatic carbocycles. The molecule has 416 valence electrons. The smallest absolute Gasteiger partial charge is 0.306 e. The molecular formula is C66H116O6. The van der Waals surface area contributed by atoms with Crippen LogP contribution in [0, 0.1) is 0 Å². The van der Waals surface area contributed by atoms with E-state index in [1.54, 1.807) is 0 Å². The molecule has 0 aliphatic heterocycles. The van der Waals surface area contributed by atoms with Gasteiger partial charge in [-0.1, -0.05) is 273 Å². The fourth-order valence-electron chi connectivity index (χ4n) is 8.82. The van der Waals surface area contributed by atoms with Crippen LogP contribution in [0.4, 0.5) is 0 Å². The van der Waals surface area contributed by atoms with Gasteiger partial charge in [-0.15, -0.1) is 0 Å². The fourth-order valence-corrected chi connectivity index (χ4v) is 8.82. The van der Waals surface area contributed by atoms with Crippen molar-refractivity contribution in [2.24, 2.45) is 0 Å². The van der Waals surface area contributed by atoms with Crippen molar-refractivity contribution in [3.63, 3.8) is 0 Å². The molecule has 6 heteroatoms. The number of hydrogen-bond donors (Lipinski definition) is 0. The van der Waals surface area contributed by atoms with Crippen molar-refractivity contribution < 1.29 is 28.6 Å². The van der Waals surface area contributed by atoms with E-state index in [2.05, 4.69) is 93.7 Å². The largest absolute Gasteiger partial charge is 0.462 e. The molecule has 0 saturated heterocycles. The summed E-state index contributed by atoms with van der Waals surface area (Å²) in [6, 6.07) is 0. The third-order valence-corrected chi connectivity index (χ3v) is 13.4. The molecule has 0 N–H and O–H groups in total. The van der Waals surface area contributed by atoms with E-state index in [-0.39, 0.29) is 31.1 Å². The lowest BCUT2D eigenvalue weighted by Crippen LogP contribution is -2.30. The Kier molecular flexibility index (Phi) is 57.8. The summed E-state index contributed by atoms with van der Waals surface area (Å²) in [5, 5.41) is 0. The second-order valence-electron chi connectivity index (χ2n) is 20.6. The van der Waals surface area contributed by atoms with Gasteiger partial charge in [0.1, 0.15) is 13.2 Å². The molecule has 0 bridgehead atoms. The Bertz CT molecular complexity index is 1340. The van der Waals surface area contributed by atoms with Crippen LogP contribution in [0.1, 0.15) is 310 Å². The van der Waals surface area contributed by atoms with E-state index in [1.165, 1.54) is 173 Å². The van der Waals surface area contributed by atoms with Crippen molar-refractivity contribution in [2.75, 3.05) is 13.2 Å². The lowest BCUT2D eigenvalue weighted by atomic mass is 10.0. The minimum atomic E-state index is -0.780. The van der Waals surface area contributed by atoms with Gasteiger partial charge in [-0.3, -0.25) is 14.4 Å². The molecule has 0 rings (SSSR count). The molecule has 0 aromatic heterocycles. The van der Waals surface area contributed by atoms with E-state index in [4.69, 9.17) is 14.2 Å². The summed E-state index contributed by atoms with van der Waals surface area (Å²) in [5.41, 5.74) is 0. The molecule has 1 unspecified atom stereocenters. The van der Waals surface area contributed by atoms with Gasteiger partial charge >= 0.3 is 17.9 Å². The summed E-state index contributed by atoms with van der Waals surface area (Å²) in [4.78, 5) is 38.3. The maximum atomic E-state index is 12.9. The van der Waals surface area contributed by atoms with E-state index in [0.29, 0.717) is 19.3 Å².